The number of rotatable bonds is 13. The first kappa shape index (κ1) is 17.4. The van der Waals surface area contributed by atoms with Gasteiger partial charge in [0.05, 0.1) is 19.8 Å². The smallest absolute Gasteiger partial charge is 0.305 e. The molecule has 0 spiro atoms. The molecule has 0 aromatic carbocycles. The maximum atomic E-state index is 11.0. The van der Waals surface area contributed by atoms with Crippen LogP contribution in [0.15, 0.2) is 0 Å². The summed E-state index contributed by atoms with van der Waals surface area (Å²) in [6, 6.07) is 0. The van der Waals surface area contributed by atoms with Gasteiger partial charge in [-0.3, -0.25) is 4.79 Å². The molecule has 18 heavy (non-hydrogen) atoms. The third-order valence-electron chi connectivity index (χ3n) is 2.49. The Morgan fingerprint density at radius 3 is 2.11 bits per heavy atom. The van der Waals surface area contributed by atoms with Gasteiger partial charge in [0.25, 0.3) is 0 Å². The topological polar surface area (TPSA) is 44.8 Å². The third-order valence-corrected chi connectivity index (χ3v) is 2.49. The highest BCUT2D eigenvalue weighted by atomic mass is 16.5. The lowest BCUT2D eigenvalue weighted by Crippen LogP contribution is -2.08. The molecule has 4 nitrogen and oxygen atoms in total. The average Bonchev–Trinajstić information content (AvgIpc) is 2.36. The van der Waals surface area contributed by atoms with Gasteiger partial charge in [-0.2, -0.15) is 0 Å². The quantitative estimate of drug-likeness (QED) is 0.377. The molecule has 0 aliphatic rings. The maximum Gasteiger partial charge on any atom is 0.305 e. The molecule has 0 heterocycles. The van der Waals surface area contributed by atoms with Crippen molar-refractivity contribution < 1.29 is 19.0 Å². The van der Waals surface area contributed by atoms with Crippen molar-refractivity contribution in [3.05, 3.63) is 0 Å². The molecule has 0 aliphatic carbocycles. The van der Waals surface area contributed by atoms with Crippen LogP contribution in [0.25, 0.3) is 0 Å². The molecule has 108 valence electrons. The first-order chi connectivity index (χ1) is 8.81. The Hall–Kier alpha value is -0.610. The van der Waals surface area contributed by atoms with Crippen LogP contribution in [0.2, 0.25) is 0 Å². The Labute approximate surface area is 111 Å². The van der Waals surface area contributed by atoms with Gasteiger partial charge in [-0.15, -0.1) is 0 Å². The largest absolute Gasteiger partial charge is 0.466 e. The fourth-order valence-electron chi connectivity index (χ4n) is 1.50. The number of carbonyl (C=O) groups is 1. The van der Waals surface area contributed by atoms with Crippen molar-refractivity contribution in [1.82, 2.24) is 0 Å². The second-order valence-electron chi connectivity index (χ2n) is 4.19. The van der Waals surface area contributed by atoms with Gasteiger partial charge in [0.2, 0.25) is 0 Å². The summed E-state index contributed by atoms with van der Waals surface area (Å²) in [5.74, 6) is -0.145. The molecule has 0 amide bonds. The lowest BCUT2D eigenvalue weighted by molar-refractivity contribution is -0.143. The van der Waals surface area contributed by atoms with E-state index in [9.17, 15) is 4.79 Å². The number of esters is 1. The molecule has 0 saturated heterocycles. The average molecular weight is 260 g/mol. The Balaban J connectivity index is 3.01. The van der Waals surface area contributed by atoms with E-state index in [0.29, 0.717) is 32.8 Å². The Bertz CT molecular complexity index is 183. The molecule has 0 atom stereocenters. The van der Waals surface area contributed by atoms with E-state index in [0.717, 1.165) is 19.4 Å². The van der Waals surface area contributed by atoms with Crippen molar-refractivity contribution in [2.75, 3.05) is 33.0 Å². The molecular formula is C14H28O4. The Morgan fingerprint density at radius 1 is 0.833 bits per heavy atom. The number of ether oxygens (including phenoxy) is 3. The van der Waals surface area contributed by atoms with Crippen LogP contribution in [0.4, 0.5) is 0 Å². The number of hydrogen-bond donors (Lipinski definition) is 0. The SMILES string of the molecule is CCCCCCOCCOCCCC(=O)OCC. The second-order valence-corrected chi connectivity index (χ2v) is 4.19. The van der Waals surface area contributed by atoms with E-state index >= 15 is 0 Å². The molecule has 0 rings (SSSR count). The summed E-state index contributed by atoms with van der Waals surface area (Å²) in [6.45, 7) is 7.13. The maximum absolute atomic E-state index is 11.0. The van der Waals surface area contributed by atoms with Crippen molar-refractivity contribution in [1.29, 1.82) is 0 Å². The summed E-state index contributed by atoms with van der Waals surface area (Å²) in [5.41, 5.74) is 0. The minimum atomic E-state index is -0.145. The predicted molar refractivity (Wildman–Crippen MR) is 71.6 cm³/mol. The summed E-state index contributed by atoms with van der Waals surface area (Å²) in [4.78, 5) is 11.0. The van der Waals surface area contributed by atoms with Crippen molar-refractivity contribution >= 4 is 5.97 Å². The molecule has 0 N–H and O–H groups in total. The van der Waals surface area contributed by atoms with E-state index < -0.39 is 0 Å². The van der Waals surface area contributed by atoms with Gasteiger partial charge < -0.3 is 14.2 Å². The zero-order valence-corrected chi connectivity index (χ0v) is 11.9. The van der Waals surface area contributed by atoms with E-state index in [1.54, 1.807) is 0 Å². The van der Waals surface area contributed by atoms with Crippen LogP contribution in [0, 0.1) is 0 Å². The van der Waals surface area contributed by atoms with E-state index in [1.807, 2.05) is 6.92 Å². The first-order valence-electron chi connectivity index (χ1n) is 7.12. The zero-order valence-electron chi connectivity index (χ0n) is 11.9. The summed E-state index contributed by atoms with van der Waals surface area (Å²) >= 11 is 0. The van der Waals surface area contributed by atoms with Gasteiger partial charge in [0.1, 0.15) is 0 Å². The molecule has 0 fully saturated rings. The van der Waals surface area contributed by atoms with Crippen LogP contribution >= 0.6 is 0 Å². The standard InChI is InChI=1S/C14H28O4/c1-3-5-6-7-10-16-12-13-17-11-8-9-14(15)18-4-2/h3-13H2,1-2H3. The zero-order chi connectivity index (χ0) is 13.5. The molecule has 0 radical (unpaired) electrons. The molecule has 0 aromatic rings. The van der Waals surface area contributed by atoms with E-state index in [4.69, 9.17) is 14.2 Å². The van der Waals surface area contributed by atoms with Crippen molar-refractivity contribution in [3.8, 4) is 0 Å². The van der Waals surface area contributed by atoms with Crippen LogP contribution in [0.1, 0.15) is 52.4 Å². The monoisotopic (exact) mass is 260 g/mol. The molecule has 0 unspecified atom stereocenters. The van der Waals surface area contributed by atoms with Crippen molar-refractivity contribution in [3.63, 3.8) is 0 Å². The summed E-state index contributed by atoms with van der Waals surface area (Å²) in [7, 11) is 0. The van der Waals surface area contributed by atoms with Gasteiger partial charge in [-0.1, -0.05) is 26.2 Å². The molecule has 0 saturated carbocycles. The minimum Gasteiger partial charge on any atom is -0.466 e. The van der Waals surface area contributed by atoms with E-state index in [-0.39, 0.29) is 5.97 Å². The van der Waals surface area contributed by atoms with Crippen LogP contribution in [-0.2, 0) is 19.0 Å². The fourth-order valence-corrected chi connectivity index (χ4v) is 1.50. The third kappa shape index (κ3) is 13.5. The van der Waals surface area contributed by atoms with E-state index in [2.05, 4.69) is 6.92 Å². The normalized spacial score (nSPS) is 10.6. The Morgan fingerprint density at radius 2 is 1.50 bits per heavy atom. The minimum absolute atomic E-state index is 0.145. The molecular weight excluding hydrogens is 232 g/mol. The van der Waals surface area contributed by atoms with Crippen LogP contribution in [0.3, 0.4) is 0 Å². The summed E-state index contributed by atoms with van der Waals surface area (Å²) in [6.07, 6.45) is 6.08. The highest BCUT2D eigenvalue weighted by Crippen LogP contribution is 1.99. The van der Waals surface area contributed by atoms with Gasteiger partial charge >= 0.3 is 5.97 Å². The fraction of sp³-hybridized carbons (Fsp3) is 0.929. The first-order valence-corrected chi connectivity index (χ1v) is 7.12. The number of carbonyl (C=O) groups excluding carboxylic acids is 1. The highest BCUT2D eigenvalue weighted by molar-refractivity contribution is 5.69. The summed E-state index contributed by atoms with van der Waals surface area (Å²) < 4.78 is 15.6. The van der Waals surface area contributed by atoms with Crippen LogP contribution in [-0.4, -0.2) is 39.0 Å². The molecule has 4 heteroatoms. The number of hydrogen-bond acceptors (Lipinski definition) is 4. The molecule has 0 bridgehead atoms. The van der Waals surface area contributed by atoms with Crippen LogP contribution < -0.4 is 0 Å². The van der Waals surface area contributed by atoms with Crippen LogP contribution in [0.5, 0.6) is 0 Å². The van der Waals surface area contributed by atoms with Gasteiger partial charge in [-0.05, 0) is 19.8 Å². The van der Waals surface area contributed by atoms with E-state index in [1.165, 1.54) is 19.3 Å². The van der Waals surface area contributed by atoms with Gasteiger partial charge in [-0.25, -0.2) is 0 Å². The lowest BCUT2D eigenvalue weighted by Gasteiger charge is -2.05. The molecule has 0 aromatic heterocycles. The predicted octanol–water partition coefficient (Wildman–Crippen LogP) is 2.94. The molecule has 0 aliphatic heterocycles. The van der Waals surface area contributed by atoms with Gasteiger partial charge in [0, 0.05) is 19.6 Å². The lowest BCUT2D eigenvalue weighted by atomic mass is 10.2. The summed E-state index contributed by atoms with van der Waals surface area (Å²) in [5, 5.41) is 0. The second kappa shape index (κ2) is 14.5. The highest BCUT2D eigenvalue weighted by Gasteiger charge is 2.00. The van der Waals surface area contributed by atoms with Crippen molar-refractivity contribution in [2.45, 2.75) is 52.4 Å². The Kier molecular flexibility index (Phi) is 14.0. The van der Waals surface area contributed by atoms with Crippen molar-refractivity contribution in [2.24, 2.45) is 0 Å². The number of unbranched alkanes of at least 4 members (excludes halogenated alkanes) is 3. The van der Waals surface area contributed by atoms with Gasteiger partial charge in [0.15, 0.2) is 0 Å².